The van der Waals surface area contributed by atoms with Gasteiger partial charge in [0.2, 0.25) is 11.8 Å². The Kier molecular flexibility index (Phi) is 5.30. The number of rotatable bonds is 5. The predicted octanol–water partition coefficient (Wildman–Crippen LogP) is 0.589. The molecule has 0 saturated carbocycles. The standard InChI is InChI=1S/C14H22N2O4/c1-5-11(17)16-7-6-10(8-16)15(4)13(18)12(9(2)3)14(19)20/h5,9-10,12H,1,6-8H2,2-4H3,(H,19,20)/t10-,12-/m0/s1. The lowest BCUT2D eigenvalue weighted by Crippen LogP contribution is -2.46. The van der Waals surface area contributed by atoms with E-state index in [9.17, 15) is 14.4 Å². The maximum absolute atomic E-state index is 12.3. The van der Waals surface area contributed by atoms with Crippen molar-refractivity contribution in [2.24, 2.45) is 11.8 Å². The fourth-order valence-electron chi connectivity index (χ4n) is 2.46. The second kappa shape index (κ2) is 6.54. The van der Waals surface area contributed by atoms with E-state index >= 15 is 0 Å². The Hall–Kier alpha value is -1.85. The first-order valence-electron chi connectivity index (χ1n) is 6.70. The number of amides is 2. The van der Waals surface area contributed by atoms with Crippen LogP contribution in [-0.4, -0.2) is 58.9 Å². The maximum Gasteiger partial charge on any atom is 0.316 e. The van der Waals surface area contributed by atoms with Crippen LogP contribution in [0.2, 0.25) is 0 Å². The lowest BCUT2D eigenvalue weighted by Gasteiger charge is -2.28. The van der Waals surface area contributed by atoms with Gasteiger partial charge in [-0.05, 0) is 18.4 Å². The van der Waals surface area contributed by atoms with Crippen molar-refractivity contribution >= 4 is 17.8 Å². The van der Waals surface area contributed by atoms with Crippen molar-refractivity contribution in [1.82, 2.24) is 9.80 Å². The van der Waals surface area contributed by atoms with Gasteiger partial charge in [-0.15, -0.1) is 0 Å². The lowest BCUT2D eigenvalue weighted by atomic mass is 9.94. The molecule has 2 amide bonds. The van der Waals surface area contributed by atoms with Gasteiger partial charge in [-0.1, -0.05) is 20.4 Å². The van der Waals surface area contributed by atoms with Crippen molar-refractivity contribution in [2.45, 2.75) is 26.3 Å². The summed E-state index contributed by atoms with van der Waals surface area (Å²) >= 11 is 0. The summed E-state index contributed by atoms with van der Waals surface area (Å²) in [6.45, 7) is 7.86. The van der Waals surface area contributed by atoms with E-state index < -0.39 is 17.8 Å². The molecule has 1 heterocycles. The van der Waals surface area contributed by atoms with E-state index in [-0.39, 0.29) is 17.9 Å². The highest BCUT2D eigenvalue weighted by molar-refractivity contribution is 5.97. The molecule has 0 spiro atoms. The molecule has 1 fully saturated rings. The first-order chi connectivity index (χ1) is 9.29. The minimum absolute atomic E-state index is 0.132. The summed E-state index contributed by atoms with van der Waals surface area (Å²) in [5, 5.41) is 9.16. The fourth-order valence-corrected chi connectivity index (χ4v) is 2.46. The van der Waals surface area contributed by atoms with Gasteiger partial charge in [-0.25, -0.2) is 0 Å². The minimum Gasteiger partial charge on any atom is -0.481 e. The average Bonchev–Trinajstić information content (AvgIpc) is 2.85. The highest BCUT2D eigenvalue weighted by Crippen LogP contribution is 2.20. The molecule has 1 aliphatic heterocycles. The maximum atomic E-state index is 12.3. The van der Waals surface area contributed by atoms with E-state index in [2.05, 4.69) is 6.58 Å². The van der Waals surface area contributed by atoms with Gasteiger partial charge in [-0.3, -0.25) is 14.4 Å². The quantitative estimate of drug-likeness (QED) is 0.591. The van der Waals surface area contributed by atoms with Crippen molar-refractivity contribution in [1.29, 1.82) is 0 Å². The Balaban J connectivity index is 2.73. The van der Waals surface area contributed by atoms with Crippen molar-refractivity contribution in [2.75, 3.05) is 20.1 Å². The second-order valence-corrected chi connectivity index (χ2v) is 5.44. The number of carboxylic acid groups (broad SMARTS) is 1. The fraction of sp³-hybridized carbons (Fsp3) is 0.643. The topological polar surface area (TPSA) is 77.9 Å². The number of carbonyl (C=O) groups is 3. The molecule has 0 aromatic rings. The number of carboxylic acids is 1. The van der Waals surface area contributed by atoms with Gasteiger partial charge in [0.15, 0.2) is 0 Å². The van der Waals surface area contributed by atoms with Crippen molar-refractivity contribution in [3.8, 4) is 0 Å². The molecule has 112 valence electrons. The lowest BCUT2D eigenvalue weighted by molar-refractivity contribution is -0.153. The molecule has 1 aliphatic rings. The normalized spacial score (nSPS) is 19.8. The van der Waals surface area contributed by atoms with Gasteiger partial charge in [-0.2, -0.15) is 0 Å². The zero-order chi connectivity index (χ0) is 15.4. The van der Waals surface area contributed by atoms with Crippen LogP contribution in [0.1, 0.15) is 20.3 Å². The first kappa shape index (κ1) is 16.2. The molecular formula is C14H22N2O4. The molecule has 0 aliphatic carbocycles. The van der Waals surface area contributed by atoms with Crippen LogP contribution >= 0.6 is 0 Å². The molecule has 2 atom stereocenters. The van der Waals surface area contributed by atoms with Crippen LogP contribution in [0.3, 0.4) is 0 Å². The Bertz CT molecular complexity index is 419. The van der Waals surface area contributed by atoms with E-state index in [0.717, 1.165) is 0 Å². The summed E-state index contributed by atoms with van der Waals surface area (Å²) in [4.78, 5) is 38.1. The Labute approximate surface area is 119 Å². The van der Waals surface area contributed by atoms with Gasteiger partial charge < -0.3 is 14.9 Å². The monoisotopic (exact) mass is 282 g/mol. The average molecular weight is 282 g/mol. The number of aliphatic carboxylic acids is 1. The third-order valence-electron chi connectivity index (χ3n) is 3.74. The molecule has 6 nitrogen and oxygen atoms in total. The largest absolute Gasteiger partial charge is 0.481 e. The summed E-state index contributed by atoms with van der Waals surface area (Å²) in [5.41, 5.74) is 0. The number of hydrogen-bond acceptors (Lipinski definition) is 3. The molecule has 0 aromatic carbocycles. The summed E-state index contributed by atoms with van der Waals surface area (Å²) < 4.78 is 0. The Morgan fingerprint density at radius 1 is 1.40 bits per heavy atom. The predicted molar refractivity (Wildman–Crippen MR) is 73.9 cm³/mol. The molecule has 0 aromatic heterocycles. The molecule has 0 unspecified atom stereocenters. The van der Waals surface area contributed by atoms with E-state index in [1.54, 1.807) is 25.8 Å². The van der Waals surface area contributed by atoms with E-state index in [1.807, 2.05) is 0 Å². The first-order valence-corrected chi connectivity index (χ1v) is 6.70. The zero-order valence-corrected chi connectivity index (χ0v) is 12.2. The van der Waals surface area contributed by atoms with Gasteiger partial charge >= 0.3 is 5.97 Å². The smallest absolute Gasteiger partial charge is 0.316 e. The molecule has 20 heavy (non-hydrogen) atoms. The Morgan fingerprint density at radius 3 is 2.45 bits per heavy atom. The highest BCUT2D eigenvalue weighted by atomic mass is 16.4. The third-order valence-corrected chi connectivity index (χ3v) is 3.74. The van der Waals surface area contributed by atoms with E-state index in [0.29, 0.717) is 19.5 Å². The number of carbonyl (C=O) groups excluding carboxylic acids is 2. The van der Waals surface area contributed by atoms with Crippen molar-refractivity contribution in [3.05, 3.63) is 12.7 Å². The SMILES string of the molecule is C=CC(=O)N1CC[C@H](N(C)C(=O)[C@@H](C(=O)O)C(C)C)C1. The van der Waals surface area contributed by atoms with Crippen LogP contribution in [0.4, 0.5) is 0 Å². The summed E-state index contributed by atoms with van der Waals surface area (Å²) in [5.74, 6) is -2.97. The van der Waals surface area contributed by atoms with Crippen LogP contribution in [-0.2, 0) is 14.4 Å². The van der Waals surface area contributed by atoms with Gasteiger partial charge in [0, 0.05) is 20.1 Å². The van der Waals surface area contributed by atoms with Gasteiger partial charge in [0.05, 0.1) is 6.04 Å². The molecular weight excluding hydrogens is 260 g/mol. The van der Waals surface area contributed by atoms with Crippen LogP contribution in [0.25, 0.3) is 0 Å². The Morgan fingerprint density at radius 2 is 2.00 bits per heavy atom. The molecule has 1 saturated heterocycles. The molecule has 6 heteroatoms. The molecule has 0 bridgehead atoms. The van der Waals surface area contributed by atoms with Crippen molar-refractivity contribution < 1.29 is 19.5 Å². The van der Waals surface area contributed by atoms with Crippen LogP contribution in [0.15, 0.2) is 12.7 Å². The van der Waals surface area contributed by atoms with E-state index in [4.69, 9.17) is 5.11 Å². The summed E-state index contributed by atoms with van der Waals surface area (Å²) in [6.07, 6.45) is 1.91. The van der Waals surface area contributed by atoms with Crippen molar-refractivity contribution in [3.63, 3.8) is 0 Å². The van der Waals surface area contributed by atoms with Gasteiger partial charge in [0.25, 0.3) is 0 Å². The van der Waals surface area contributed by atoms with Crippen LogP contribution in [0.5, 0.6) is 0 Å². The molecule has 1 rings (SSSR count). The molecule has 1 N–H and O–H groups in total. The third kappa shape index (κ3) is 3.37. The number of likely N-dealkylation sites (N-methyl/N-ethyl adjacent to an activating group) is 1. The highest BCUT2D eigenvalue weighted by Gasteiger charge is 2.37. The second-order valence-electron chi connectivity index (χ2n) is 5.44. The van der Waals surface area contributed by atoms with Crippen LogP contribution in [0, 0.1) is 11.8 Å². The summed E-state index contributed by atoms with van der Waals surface area (Å²) in [6, 6.07) is -0.132. The number of hydrogen-bond donors (Lipinski definition) is 1. The zero-order valence-electron chi connectivity index (χ0n) is 12.2. The molecule has 0 radical (unpaired) electrons. The van der Waals surface area contributed by atoms with Crippen LogP contribution < -0.4 is 0 Å². The summed E-state index contributed by atoms with van der Waals surface area (Å²) in [7, 11) is 1.60. The van der Waals surface area contributed by atoms with Gasteiger partial charge in [0.1, 0.15) is 5.92 Å². The number of nitrogens with zero attached hydrogens (tertiary/aromatic N) is 2. The minimum atomic E-state index is -1.10. The van der Waals surface area contributed by atoms with E-state index in [1.165, 1.54) is 11.0 Å². The number of likely N-dealkylation sites (tertiary alicyclic amines) is 1.